The second-order valence-electron chi connectivity index (χ2n) is 7.32. The fourth-order valence-electron chi connectivity index (χ4n) is 2.69. The van der Waals surface area contributed by atoms with E-state index in [-0.39, 0.29) is 17.9 Å². The van der Waals surface area contributed by atoms with Gasteiger partial charge in [-0.05, 0) is 27.2 Å². The third-order valence-electron chi connectivity index (χ3n) is 4.65. The molecule has 0 atom stereocenters. The Bertz CT molecular complexity index is 931. The second kappa shape index (κ2) is 8.67. The van der Waals surface area contributed by atoms with Gasteiger partial charge in [-0.2, -0.15) is 5.10 Å². The van der Waals surface area contributed by atoms with Crippen molar-refractivity contribution in [3.63, 3.8) is 0 Å². The van der Waals surface area contributed by atoms with E-state index in [4.69, 9.17) is 4.74 Å². The molecule has 1 amide bonds. The van der Waals surface area contributed by atoms with E-state index in [0.717, 1.165) is 34.1 Å². The molecule has 28 heavy (non-hydrogen) atoms. The summed E-state index contributed by atoms with van der Waals surface area (Å²) in [4.78, 5) is 18.2. The van der Waals surface area contributed by atoms with Crippen molar-refractivity contribution in [3.8, 4) is 10.6 Å². The maximum atomic E-state index is 12.4. The van der Waals surface area contributed by atoms with Gasteiger partial charge in [-0.15, -0.1) is 11.3 Å². The molecule has 0 saturated carbocycles. The Balaban J connectivity index is 1.58. The Hall–Kier alpha value is -2.51. The molecule has 0 fully saturated rings. The summed E-state index contributed by atoms with van der Waals surface area (Å²) >= 11 is 1.61. The molecule has 0 saturated heterocycles. The van der Waals surface area contributed by atoms with Gasteiger partial charge in [0.05, 0.1) is 29.6 Å². The average molecular weight is 399 g/mol. The van der Waals surface area contributed by atoms with Crippen molar-refractivity contribution in [1.29, 1.82) is 0 Å². The van der Waals surface area contributed by atoms with Crippen molar-refractivity contribution in [2.45, 2.75) is 45.8 Å². The highest BCUT2D eigenvalue weighted by Crippen LogP contribution is 2.27. The summed E-state index contributed by atoms with van der Waals surface area (Å²) in [6.07, 6.45) is 4.59. The highest BCUT2D eigenvalue weighted by atomic mass is 32.1. The molecule has 0 aliphatic carbocycles. The molecular formula is C21H26N4O2S. The number of nitrogens with one attached hydrogen (secondary N) is 1. The average Bonchev–Trinajstić information content (AvgIpc) is 3.27. The quantitative estimate of drug-likeness (QED) is 0.614. The first-order valence-corrected chi connectivity index (χ1v) is 10.1. The van der Waals surface area contributed by atoms with Gasteiger partial charge in [0.25, 0.3) is 0 Å². The number of hydrogen-bond acceptors (Lipinski definition) is 5. The van der Waals surface area contributed by atoms with E-state index < -0.39 is 0 Å². The predicted octanol–water partition coefficient (Wildman–Crippen LogP) is 4.31. The molecule has 0 aliphatic heterocycles. The molecule has 148 valence electrons. The van der Waals surface area contributed by atoms with Crippen molar-refractivity contribution >= 4 is 22.9 Å². The molecule has 6 nitrogen and oxygen atoms in total. The molecule has 1 N–H and O–H groups in total. The smallest absolute Gasteiger partial charge is 0.230 e. The Morgan fingerprint density at radius 1 is 1.29 bits per heavy atom. The zero-order chi connectivity index (χ0) is 20.1. The molecule has 3 aromatic rings. The van der Waals surface area contributed by atoms with Crippen LogP contribution in [0.25, 0.3) is 10.6 Å². The summed E-state index contributed by atoms with van der Waals surface area (Å²) in [5.74, 6) is -0.0928. The number of anilines is 1. The number of amides is 1. The van der Waals surface area contributed by atoms with Crippen molar-refractivity contribution in [3.05, 3.63) is 53.3 Å². The van der Waals surface area contributed by atoms with Crippen LogP contribution >= 0.6 is 11.3 Å². The number of ether oxygens (including phenoxy) is 1. The van der Waals surface area contributed by atoms with E-state index >= 15 is 0 Å². The summed E-state index contributed by atoms with van der Waals surface area (Å²) in [6, 6.07) is 10.0. The first kappa shape index (κ1) is 20.2. The topological polar surface area (TPSA) is 69.0 Å². The first-order valence-electron chi connectivity index (χ1n) is 9.25. The number of methoxy groups -OCH3 is 1. The fourth-order valence-corrected chi connectivity index (χ4v) is 3.63. The number of thiazole rings is 1. The zero-order valence-electron chi connectivity index (χ0n) is 16.7. The third kappa shape index (κ3) is 5.27. The lowest BCUT2D eigenvalue weighted by atomic mass is 10.1. The van der Waals surface area contributed by atoms with E-state index in [2.05, 4.69) is 15.4 Å². The fraction of sp³-hybridized carbons (Fsp3) is 0.381. The van der Waals surface area contributed by atoms with E-state index in [9.17, 15) is 4.79 Å². The minimum absolute atomic E-state index is 0.0928. The number of aryl methyl sites for hydroxylation is 2. The van der Waals surface area contributed by atoms with Crippen molar-refractivity contribution in [2.24, 2.45) is 0 Å². The molecule has 0 bridgehead atoms. The molecule has 3 rings (SSSR count). The van der Waals surface area contributed by atoms with Gasteiger partial charge >= 0.3 is 0 Å². The van der Waals surface area contributed by atoms with Crippen LogP contribution in [0.4, 0.5) is 5.69 Å². The van der Waals surface area contributed by atoms with Crippen LogP contribution in [0.2, 0.25) is 0 Å². The number of carbonyl (C=O) groups is 1. The minimum atomic E-state index is -0.200. The van der Waals surface area contributed by atoms with Crippen LogP contribution in [0.1, 0.15) is 30.8 Å². The van der Waals surface area contributed by atoms with Crippen LogP contribution in [0.15, 0.2) is 42.7 Å². The number of benzene rings is 1. The minimum Gasteiger partial charge on any atom is -0.379 e. The van der Waals surface area contributed by atoms with Gasteiger partial charge in [0.15, 0.2) is 0 Å². The first-order chi connectivity index (χ1) is 13.4. The van der Waals surface area contributed by atoms with Gasteiger partial charge in [-0.3, -0.25) is 9.48 Å². The molecule has 0 radical (unpaired) electrons. The molecule has 0 spiro atoms. The molecular weight excluding hydrogens is 372 g/mol. The van der Waals surface area contributed by atoms with Crippen molar-refractivity contribution in [2.75, 3.05) is 12.4 Å². The Kier molecular flexibility index (Phi) is 6.26. The van der Waals surface area contributed by atoms with Crippen LogP contribution in [-0.2, 0) is 22.5 Å². The van der Waals surface area contributed by atoms with Crippen molar-refractivity contribution in [1.82, 2.24) is 14.8 Å². The lowest BCUT2D eigenvalue weighted by molar-refractivity contribution is -0.115. The number of nitrogens with zero attached hydrogens (tertiary/aromatic N) is 3. The molecule has 1 aromatic carbocycles. The van der Waals surface area contributed by atoms with E-state index in [0.29, 0.717) is 5.69 Å². The van der Waals surface area contributed by atoms with Crippen LogP contribution in [0, 0.1) is 6.92 Å². The summed E-state index contributed by atoms with van der Waals surface area (Å²) in [6.45, 7) is 6.81. The van der Waals surface area contributed by atoms with Gasteiger partial charge in [-0.25, -0.2) is 4.98 Å². The van der Waals surface area contributed by atoms with Crippen LogP contribution < -0.4 is 5.32 Å². The summed E-state index contributed by atoms with van der Waals surface area (Å²) < 4.78 is 7.24. The van der Waals surface area contributed by atoms with Crippen LogP contribution in [0.5, 0.6) is 0 Å². The van der Waals surface area contributed by atoms with E-state index in [1.807, 2.05) is 62.0 Å². The van der Waals surface area contributed by atoms with Gasteiger partial charge in [0.1, 0.15) is 5.01 Å². The number of carbonyl (C=O) groups excluding carboxylic acids is 1. The third-order valence-corrected chi connectivity index (χ3v) is 5.72. The van der Waals surface area contributed by atoms with Gasteiger partial charge < -0.3 is 10.1 Å². The van der Waals surface area contributed by atoms with Crippen molar-refractivity contribution < 1.29 is 9.53 Å². The SMILES string of the molecule is COC(C)(C)CCn1cc(NC(=O)Cc2nc(-c3ccccc3)sc2C)cn1. The Morgan fingerprint density at radius 2 is 2.04 bits per heavy atom. The largest absolute Gasteiger partial charge is 0.379 e. The molecule has 0 aliphatic rings. The number of aromatic nitrogens is 3. The maximum absolute atomic E-state index is 12.4. The highest BCUT2D eigenvalue weighted by Gasteiger charge is 2.17. The van der Waals surface area contributed by atoms with Crippen LogP contribution in [0.3, 0.4) is 0 Å². The Morgan fingerprint density at radius 3 is 2.75 bits per heavy atom. The van der Waals surface area contributed by atoms with E-state index in [1.165, 1.54) is 0 Å². The van der Waals surface area contributed by atoms with Gasteiger partial charge in [0, 0.05) is 30.3 Å². The molecule has 2 heterocycles. The van der Waals surface area contributed by atoms with E-state index in [1.54, 1.807) is 24.6 Å². The maximum Gasteiger partial charge on any atom is 0.230 e. The van der Waals surface area contributed by atoms with Gasteiger partial charge in [-0.1, -0.05) is 30.3 Å². The monoisotopic (exact) mass is 398 g/mol. The standard InChI is InChI=1S/C21H26N4O2S/c1-15-18(24-20(28-15)16-8-6-5-7-9-16)12-19(26)23-17-13-22-25(14-17)11-10-21(2,3)27-4/h5-9,13-14H,10-12H2,1-4H3,(H,23,26). The normalized spacial score (nSPS) is 11.6. The summed E-state index contributed by atoms with van der Waals surface area (Å²) in [5, 5.41) is 8.16. The van der Waals surface area contributed by atoms with Gasteiger partial charge in [0.2, 0.25) is 5.91 Å². The molecule has 2 aromatic heterocycles. The number of rotatable bonds is 8. The number of hydrogen-bond donors (Lipinski definition) is 1. The lowest BCUT2D eigenvalue weighted by Crippen LogP contribution is -2.24. The lowest BCUT2D eigenvalue weighted by Gasteiger charge is -2.22. The summed E-state index contributed by atoms with van der Waals surface area (Å²) in [5.41, 5.74) is 2.38. The second-order valence-corrected chi connectivity index (χ2v) is 8.52. The Labute approximate surface area is 169 Å². The zero-order valence-corrected chi connectivity index (χ0v) is 17.5. The molecule has 0 unspecified atom stereocenters. The predicted molar refractivity (Wildman–Crippen MR) is 113 cm³/mol. The highest BCUT2D eigenvalue weighted by molar-refractivity contribution is 7.15. The summed E-state index contributed by atoms with van der Waals surface area (Å²) in [7, 11) is 1.71. The molecule has 7 heteroatoms. The van der Waals surface area contributed by atoms with Crippen LogP contribution in [-0.4, -0.2) is 33.4 Å².